The molecule has 0 radical (unpaired) electrons. The minimum Gasteiger partial charge on any atom is -0.224 e. The van der Waals surface area contributed by atoms with Gasteiger partial charge in [-0.2, -0.15) is 0 Å². The Morgan fingerprint density at radius 3 is 1.81 bits per heavy atom. The normalized spacial score (nSPS) is 11.7. The molecule has 4 heteroatoms. The van der Waals surface area contributed by atoms with Crippen LogP contribution in [0.1, 0.15) is 56.9 Å². The molecule has 0 amide bonds. The van der Waals surface area contributed by atoms with Gasteiger partial charge in [-0.3, -0.25) is 0 Å². The molecule has 0 unspecified atom stereocenters. The molecule has 0 fully saturated rings. The number of hydrogen-bond donors (Lipinski definition) is 0. The third kappa shape index (κ3) is 7.87. The van der Waals surface area contributed by atoms with Crippen molar-refractivity contribution in [2.45, 2.75) is 63.2 Å². The van der Waals surface area contributed by atoms with Crippen molar-refractivity contribution in [3.63, 3.8) is 0 Å². The van der Waals surface area contributed by atoms with Crippen LogP contribution in [0.3, 0.4) is 0 Å². The van der Waals surface area contributed by atoms with E-state index in [0.29, 0.717) is 4.90 Å². The van der Waals surface area contributed by atoms with Gasteiger partial charge in [0.15, 0.2) is 9.84 Å². The van der Waals surface area contributed by atoms with Crippen LogP contribution in [-0.2, 0) is 9.84 Å². The number of alkyl halides is 1. The number of halogens is 1. The van der Waals surface area contributed by atoms with Crippen LogP contribution < -0.4 is 0 Å². The van der Waals surface area contributed by atoms with Crippen molar-refractivity contribution in [2.24, 2.45) is 0 Å². The number of aryl methyl sites for hydroxylation is 1. The molecule has 0 spiro atoms. The first kappa shape index (κ1) is 18.5. The Balaban J connectivity index is 2.15. The lowest BCUT2D eigenvalue weighted by Gasteiger charge is -2.05. The standard InChI is InChI=1S/C17H27ClO2S/c1-16-10-12-17(13-11-16)21(19,20)15-9-7-5-3-2-4-6-8-14-18/h10-13H,2-9,14-15H2,1H3. The number of rotatable bonds is 11. The first-order chi connectivity index (χ1) is 10.1. The summed E-state index contributed by atoms with van der Waals surface area (Å²) in [4.78, 5) is 0.453. The fraction of sp³-hybridized carbons (Fsp3) is 0.647. The smallest absolute Gasteiger partial charge is 0.178 e. The third-order valence-corrected chi connectivity index (χ3v) is 5.76. The van der Waals surface area contributed by atoms with Crippen LogP contribution in [0.25, 0.3) is 0 Å². The van der Waals surface area contributed by atoms with Crippen molar-refractivity contribution in [2.75, 3.05) is 11.6 Å². The zero-order chi connectivity index (χ0) is 15.6. The molecule has 0 heterocycles. The van der Waals surface area contributed by atoms with E-state index in [4.69, 9.17) is 11.6 Å². The van der Waals surface area contributed by atoms with E-state index in [1.807, 2.05) is 19.1 Å². The molecule has 0 saturated heterocycles. The Hall–Kier alpha value is -0.540. The Labute approximate surface area is 134 Å². The minimum absolute atomic E-state index is 0.266. The van der Waals surface area contributed by atoms with E-state index in [1.54, 1.807) is 12.1 Å². The minimum atomic E-state index is -3.10. The first-order valence-electron chi connectivity index (χ1n) is 7.91. The number of hydrogen-bond acceptors (Lipinski definition) is 2. The van der Waals surface area contributed by atoms with Crippen molar-refractivity contribution < 1.29 is 8.42 Å². The molecule has 0 N–H and O–H groups in total. The van der Waals surface area contributed by atoms with Gasteiger partial charge in [0.2, 0.25) is 0 Å². The van der Waals surface area contributed by atoms with Crippen LogP contribution in [0.2, 0.25) is 0 Å². The van der Waals surface area contributed by atoms with E-state index < -0.39 is 9.84 Å². The Morgan fingerprint density at radius 2 is 1.29 bits per heavy atom. The van der Waals surface area contributed by atoms with Crippen molar-refractivity contribution in [1.82, 2.24) is 0 Å². The molecule has 1 rings (SSSR count). The quantitative estimate of drug-likeness (QED) is 0.416. The fourth-order valence-corrected chi connectivity index (χ4v) is 3.87. The van der Waals surface area contributed by atoms with E-state index in [1.165, 1.54) is 25.7 Å². The van der Waals surface area contributed by atoms with Crippen LogP contribution >= 0.6 is 11.6 Å². The molecule has 0 saturated carbocycles. The predicted molar refractivity (Wildman–Crippen MR) is 90.9 cm³/mol. The van der Waals surface area contributed by atoms with E-state index >= 15 is 0 Å². The van der Waals surface area contributed by atoms with Crippen molar-refractivity contribution in [3.05, 3.63) is 29.8 Å². The van der Waals surface area contributed by atoms with E-state index in [0.717, 1.165) is 37.1 Å². The molecule has 0 atom stereocenters. The summed E-state index contributed by atoms with van der Waals surface area (Å²) in [6.45, 7) is 1.96. The van der Waals surface area contributed by atoms with Crippen molar-refractivity contribution >= 4 is 21.4 Å². The van der Waals surface area contributed by atoms with Crippen LogP contribution in [0.4, 0.5) is 0 Å². The average molecular weight is 331 g/mol. The maximum atomic E-state index is 12.1. The lowest BCUT2D eigenvalue weighted by molar-refractivity contribution is 0.573. The second-order valence-electron chi connectivity index (χ2n) is 5.65. The zero-order valence-corrected chi connectivity index (χ0v) is 14.6. The average Bonchev–Trinajstić information content (AvgIpc) is 2.46. The van der Waals surface area contributed by atoms with Gasteiger partial charge in [0.05, 0.1) is 10.6 Å². The Bertz CT molecular complexity index is 480. The van der Waals surface area contributed by atoms with Gasteiger partial charge < -0.3 is 0 Å². The molecule has 120 valence electrons. The van der Waals surface area contributed by atoms with Gasteiger partial charge in [0.25, 0.3) is 0 Å². The van der Waals surface area contributed by atoms with Crippen LogP contribution in [-0.4, -0.2) is 20.1 Å². The molecule has 2 nitrogen and oxygen atoms in total. The number of sulfone groups is 1. The van der Waals surface area contributed by atoms with Crippen LogP contribution in [0, 0.1) is 6.92 Å². The summed E-state index contributed by atoms with van der Waals surface area (Å²) >= 11 is 5.63. The zero-order valence-electron chi connectivity index (χ0n) is 13.0. The Kier molecular flexibility index (Phi) is 9.02. The highest BCUT2D eigenvalue weighted by Crippen LogP contribution is 2.15. The van der Waals surface area contributed by atoms with Gasteiger partial charge in [-0.05, 0) is 31.9 Å². The Morgan fingerprint density at radius 1 is 0.810 bits per heavy atom. The second-order valence-corrected chi connectivity index (χ2v) is 8.14. The molecule has 0 bridgehead atoms. The lowest BCUT2D eigenvalue weighted by atomic mass is 10.1. The highest BCUT2D eigenvalue weighted by Gasteiger charge is 2.13. The molecular formula is C17H27ClO2S. The summed E-state index contributed by atoms with van der Waals surface area (Å²) in [5, 5.41) is 0. The molecule has 1 aromatic carbocycles. The maximum absolute atomic E-state index is 12.1. The van der Waals surface area contributed by atoms with Gasteiger partial charge in [-0.25, -0.2) is 8.42 Å². The highest BCUT2D eigenvalue weighted by atomic mass is 35.5. The summed E-state index contributed by atoms with van der Waals surface area (Å²) in [7, 11) is -3.10. The van der Waals surface area contributed by atoms with Crippen molar-refractivity contribution in [3.8, 4) is 0 Å². The topological polar surface area (TPSA) is 34.1 Å². The molecule has 1 aromatic rings. The number of benzene rings is 1. The van der Waals surface area contributed by atoms with Gasteiger partial charge >= 0.3 is 0 Å². The molecule has 21 heavy (non-hydrogen) atoms. The molecule has 0 aliphatic heterocycles. The van der Waals surface area contributed by atoms with Gasteiger partial charge in [-0.1, -0.05) is 56.2 Å². The molecule has 0 aromatic heterocycles. The maximum Gasteiger partial charge on any atom is 0.178 e. The molecule has 0 aliphatic carbocycles. The lowest BCUT2D eigenvalue weighted by Crippen LogP contribution is -2.06. The summed E-state index contributed by atoms with van der Waals surface area (Å²) in [6.07, 6.45) is 8.90. The van der Waals surface area contributed by atoms with Crippen molar-refractivity contribution in [1.29, 1.82) is 0 Å². The van der Waals surface area contributed by atoms with Gasteiger partial charge in [0.1, 0.15) is 0 Å². The van der Waals surface area contributed by atoms with Gasteiger partial charge in [0, 0.05) is 5.88 Å². The first-order valence-corrected chi connectivity index (χ1v) is 10.1. The van der Waals surface area contributed by atoms with E-state index in [-0.39, 0.29) is 5.75 Å². The monoisotopic (exact) mass is 330 g/mol. The van der Waals surface area contributed by atoms with E-state index in [9.17, 15) is 8.42 Å². The summed E-state index contributed by atoms with van der Waals surface area (Å²) < 4.78 is 24.3. The summed E-state index contributed by atoms with van der Waals surface area (Å²) in [5.41, 5.74) is 1.09. The third-order valence-electron chi connectivity index (χ3n) is 3.68. The molecular weight excluding hydrogens is 304 g/mol. The summed E-state index contributed by atoms with van der Waals surface area (Å²) in [6, 6.07) is 7.13. The van der Waals surface area contributed by atoms with Gasteiger partial charge in [-0.15, -0.1) is 11.6 Å². The SMILES string of the molecule is Cc1ccc(S(=O)(=O)CCCCCCCCCCCl)cc1. The highest BCUT2D eigenvalue weighted by molar-refractivity contribution is 7.91. The van der Waals surface area contributed by atoms with Crippen LogP contribution in [0.15, 0.2) is 29.2 Å². The fourth-order valence-electron chi connectivity index (χ4n) is 2.31. The summed E-state index contributed by atoms with van der Waals surface area (Å²) in [5.74, 6) is 1.03. The van der Waals surface area contributed by atoms with Crippen LogP contribution in [0.5, 0.6) is 0 Å². The largest absolute Gasteiger partial charge is 0.224 e. The predicted octanol–water partition coefficient (Wildman–Crippen LogP) is 5.13. The van der Waals surface area contributed by atoms with E-state index in [2.05, 4.69) is 0 Å². The number of unbranched alkanes of at least 4 members (excludes halogenated alkanes) is 7. The molecule has 0 aliphatic rings. The second kappa shape index (κ2) is 10.2.